The summed E-state index contributed by atoms with van der Waals surface area (Å²) in [6.07, 6.45) is 4.60. The summed E-state index contributed by atoms with van der Waals surface area (Å²) in [6.45, 7) is 6.47. The summed E-state index contributed by atoms with van der Waals surface area (Å²) in [5, 5.41) is 21.9. The molecule has 0 fully saturated rings. The van der Waals surface area contributed by atoms with Gasteiger partial charge in [-0.25, -0.2) is 19.7 Å². The Morgan fingerprint density at radius 3 is 2.06 bits per heavy atom. The number of H-pyrrole nitrogens is 1. The molecule has 0 radical (unpaired) electrons. The van der Waals surface area contributed by atoms with Crippen molar-refractivity contribution in [3.05, 3.63) is 170 Å². The number of aromatic amines is 1. The van der Waals surface area contributed by atoms with Gasteiger partial charge in [0.25, 0.3) is 17.0 Å². The number of nitrogens with two attached hydrogens (primary N) is 1. The first-order chi connectivity index (χ1) is 45.3. The van der Waals surface area contributed by atoms with E-state index in [1.165, 1.54) is 18.3 Å². The van der Waals surface area contributed by atoms with Crippen molar-refractivity contribution in [2.24, 2.45) is 0 Å². The molecule has 93 heavy (non-hydrogen) atoms. The molecule has 1 unspecified atom stereocenters. The molecule has 28 heteroatoms. The molecule has 0 spiro atoms. The second-order valence-corrected chi connectivity index (χ2v) is 21.1. The number of rotatable bonds is 39. The van der Waals surface area contributed by atoms with Crippen LogP contribution in [-0.2, 0) is 73.7 Å². The van der Waals surface area contributed by atoms with Crippen molar-refractivity contribution in [1.82, 2.24) is 50.0 Å². The van der Waals surface area contributed by atoms with Crippen molar-refractivity contribution in [3.8, 4) is 17.0 Å². The smallest absolute Gasteiger partial charge is 0.326 e. The first-order valence-corrected chi connectivity index (χ1v) is 30.3. The van der Waals surface area contributed by atoms with Gasteiger partial charge in [-0.05, 0) is 55.3 Å². The largest absolute Gasteiger partial charge is 0.496 e. The minimum atomic E-state index is -1.30. The van der Waals surface area contributed by atoms with Crippen LogP contribution in [-0.4, -0.2) is 174 Å². The van der Waals surface area contributed by atoms with Gasteiger partial charge in [-0.1, -0.05) is 54.6 Å². The molecule has 8 aromatic rings. The molecule has 0 bridgehead atoms. The van der Waals surface area contributed by atoms with Crippen LogP contribution in [0, 0.1) is 0 Å². The average Bonchev–Trinajstić information content (AvgIpc) is 1.59. The van der Waals surface area contributed by atoms with Gasteiger partial charge in [0.15, 0.2) is 23.2 Å². The number of carbonyl (C=O) groups is 5. The van der Waals surface area contributed by atoms with Crippen LogP contribution in [0.2, 0.25) is 0 Å². The number of hydrogen-bond acceptors (Lipinski definition) is 21. The number of fused-ring (bicyclic) bond motifs is 6. The summed E-state index contributed by atoms with van der Waals surface area (Å²) in [7, 11) is 1.57. The Hall–Kier alpha value is -9.81. The van der Waals surface area contributed by atoms with E-state index in [0.29, 0.717) is 117 Å². The summed E-state index contributed by atoms with van der Waals surface area (Å²) in [6, 6.07) is 25.2. The number of carboxylic acid groups (broad SMARTS) is 1. The van der Waals surface area contributed by atoms with Crippen molar-refractivity contribution in [1.29, 1.82) is 0 Å². The zero-order valence-electron chi connectivity index (χ0n) is 51.5. The zero-order valence-corrected chi connectivity index (χ0v) is 51.5. The highest BCUT2D eigenvalue weighted by Gasteiger charge is 2.32. The quantitative estimate of drug-likeness (QED) is 0.0268. The normalized spacial score (nSPS) is 12.3. The van der Waals surface area contributed by atoms with Gasteiger partial charge < -0.3 is 79.1 Å². The predicted molar refractivity (Wildman–Crippen MR) is 340 cm³/mol. The van der Waals surface area contributed by atoms with Crippen molar-refractivity contribution < 1.29 is 67.0 Å². The maximum Gasteiger partial charge on any atom is 0.326 e. The van der Waals surface area contributed by atoms with Crippen LogP contribution in [0.3, 0.4) is 0 Å². The van der Waals surface area contributed by atoms with E-state index in [0.717, 1.165) is 22.4 Å². The fourth-order valence-electron chi connectivity index (χ4n) is 10.2. The summed E-state index contributed by atoms with van der Waals surface area (Å²) >= 11 is 0. The van der Waals surface area contributed by atoms with E-state index >= 15 is 0 Å². The van der Waals surface area contributed by atoms with Gasteiger partial charge in [0.05, 0.1) is 121 Å². The molecule has 1 aliphatic carbocycles. The number of benzene rings is 4. The Kier molecular flexibility index (Phi) is 24.7. The number of aromatic nitrogens is 7. The fraction of sp³-hybridized carbons (Fsp3) is 0.369. The van der Waals surface area contributed by atoms with Gasteiger partial charge in [0, 0.05) is 84.0 Å². The highest BCUT2D eigenvalue weighted by atomic mass is 16.6. The van der Waals surface area contributed by atoms with Crippen LogP contribution in [0.5, 0.6) is 5.75 Å². The lowest BCUT2D eigenvalue weighted by molar-refractivity contribution is -0.139. The first kappa shape index (κ1) is 67.6. The molecule has 1 aliphatic rings. The van der Waals surface area contributed by atoms with Crippen LogP contribution >= 0.6 is 0 Å². The SMILES string of the molecule is CCOC(c1ccc(COCC(=O)NCCOCCOCCOCCOCCOCCNC(=O)CC[C@H](NC(=O)c2ccc(NCc3cnc4nc(N)[nH]c(=O)c4n3)cc2)C(=O)O)cc1OC)n1cnc(CCn2c3c(c4ccccc4c2=O)C(=O)c2ccccc2-3)c1. The molecule has 8 N–H and O–H groups in total. The number of imidazole rings is 1. The van der Waals surface area contributed by atoms with Crippen LogP contribution in [0.4, 0.5) is 11.6 Å². The molecule has 9 rings (SSSR count). The Morgan fingerprint density at radius 2 is 1.39 bits per heavy atom. The standard InChI is InChI=1S/C65H74N12O16/c1-3-93-63(76-37-44(71-40-76)20-23-77-57-47-9-5-6-10-48(47)58(80)55(57)46-8-4-7-11-49(46)62(77)83)50-17-12-41(34-52(50)86-2)38-92-39-54(79)68-22-25-88-27-29-90-31-33-91-32-30-89-28-26-87-24-21-67-53(78)19-18-51(64(84)85)73-60(81)42-13-15-43(16-14-42)69-35-45-36-70-59-56(72-45)61(82)75-65(66)74-59/h4-17,34,36-37,40,51,63,69H,3,18-33,35,38-39H2,1-2H3,(H,67,78)(H,68,79)(H,73,81)(H,84,85)(H3,66,70,74,75,82)/t51-,63?/m0/s1. The molecule has 490 valence electrons. The Labute approximate surface area is 533 Å². The van der Waals surface area contributed by atoms with Crippen LogP contribution in [0.25, 0.3) is 33.2 Å². The van der Waals surface area contributed by atoms with E-state index in [4.69, 9.17) is 43.6 Å². The fourth-order valence-corrected chi connectivity index (χ4v) is 10.2. The number of hydrogen-bond donors (Lipinski definition) is 7. The molecule has 0 saturated heterocycles. The van der Waals surface area contributed by atoms with E-state index in [1.54, 1.807) is 42.3 Å². The molecule has 3 amide bonds. The first-order valence-electron chi connectivity index (χ1n) is 30.3. The Bertz CT molecular complexity index is 4010. The topological polar surface area (TPSA) is 365 Å². The Morgan fingerprint density at radius 1 is 0.731 bits per heavy atom. The molecule has 2 atom stereocenters. The van der Waals surface area contributed by atoms with Crippen molar-refractivity contribution in [2.45, 2.75) is 58.2 Å². The van der Waals surface area contributed by atoms with Crippen LogP contribution in [0.1, 0.15) is 74.8 Å². The molecule has 0 saturated carbocycles. The molecule has 0 aliphatic heterocycles. The minimum absolute atomic E-state index is 0.0435. The van der Waals surface area contributed by atoms with Crippen molar-refractivity contribution in [3.63, 3.8) is 0 Å². The maximum atomic E-state index is 14.0. The second kappa shape index (κ2) is 34.0. The monoisotopic (exact) mass is 1280 g/mol. The van der Waals surface area contributed by atoms with Gasteiger partial charge in [0.2, 0.25) is 17.8 Å². The van der Waals surface area contributed by atoms with Gasteiger partial charge in [-0.15, -0.1) is 0 Å². The van der Waals surface area contributed by atoms with Crippen LogP contribution < -0.4 is 42.9 Å². The zero-order chi connectivity index (χ0) is 65.5. The minimum Gasteiger partial charge on any atom is -0.496 e. The van der Waals surface area contributed by atoms with Crippen molar-refractivity contribution in [2.75, 3.05) is 111 Å². The van der Waals surface area contributed by atoms with Crippen LogP contribution in [0.15, 0.2) is 119 Å². The summed E-state index contributed by atoms with van der Waals surface area (Å²) in [4.78, 5) is 109. The summed E-state index contributed by atoms with van der Waals surface area (Å²) in [5.74, 6) is -2.19. The average molecular weight is 1280 g/mol. The highest BCUT2D eigenvalue weighted by molar-refractivity contribution is 6.26. The van der Waals surface area contributed by atoms with Gasteiger partial charge >= 0.3 is 5.97 Å². The predicted octanol–water partition coefficient (Wildman–Crippen LogP) is 3.96. The van der Waals surface area contributed by atoms with E-state index in [1.807, 2.05) is 72.3 Å². The number of methoxy groups -OCH3 is 1. The molecule has 4 heterocycles. The number of nitrogens with one attached hydrogen (secondary N) is 5. The number of ether oxygens (including phenoxy) is 8. The molecular formula is C65H74N12O16. The highest BCUT2D eigenvalue weighted by Crippen LogP contribution is 2.39. The van der Waals surface area contributed by atoms with Gasteiger partial charge in [0.1, 0.15) is 18.4 Å². The van der Waals surface area contributed by atoms with E-state index in [2.05, 4.69) is 46.2 Å². The number of anilines is 2. The molecule has 4 aromatic heterocycles. The maximum absolute atomic E-state index is 14.0. The number of aryl methyl sites for hydroxylation is 1. The van der Waals surface area contributed by atoms with E-state index in [9.17, 15) is 38.7 Å². The summed E-state index contributed by atoms with van der Waals surface area (Å²) < 4.78 is 49.0. The number of ketones is 1. The lowest BCUT2D eigenvalue weighted by Gasteiger charge is -2.21. The van der Waals surface area contributed by atoms with Gasteiger partial charge in [-0.3, -0.25) is 33.8 Å². The lowest BCUT2D eigenvalue weighted by atomic mass is 10.0. The lowest BCUT2D eigenvalue weighted by Crippen LogP contribution is -2.41. The number of carbonyl (C=O) groups excluding carboxylic acids is 4. The summed E-state index contributed by atoms with van der Waals surface area (Å²) in [5.41, 5.74) is 11.1. The third kappa shape index (κ3) is 18.5. The van der Waals surface area contributed by atoms with Crippen molar-refractivity contribution >= 4 is 63.0 Å². The number of carboxylic acids is 1. The molecule has 4 aromatic carbocycles. The Balaban J connectivity index is 0.558. The van der Waals surface area contributed by atoms with Gasteiger partial charge in [-0.2, -0.15) is 4.98 Å². The third-order valence-electron chi connectivity index (χ3n) is 14.7. The molecular weight excluding hydrogens is 1200 g/mol. The number of pyridine rings is 1. The number of nitrogens with zero attached hydrogens (tertiary/aromatic N) is 6. The van der Waals surface area contributed by atoms with E-state index < -0.39 is 35.6 Å². The number of aliphatic carboxylic acids is 1. The third-order valence-corrected chi connectivity index (χ3v) is 14.7. The number of nitrogen functional groups attached to an aromatic ring is 1. The second-order valence-electron chi connectivity index (χ2n) is 21.1. The van der Waals surface area contributed by atoms with E-state index in [-0.39, 0.29) is 98.9 Å². The number of amides is 3. The molecule has 28 nitrogen and oxygen atoms in total.